The SMILES string of the molecule is O=C(c1cccnc1)C1CCCCCN1. The van der Waals surface area contributed by atoms with E-state index in [1.807, 2.05) is 12.1 Å². The number of Topliss-reactive ketones (excluding diaryl/α,β-unsaturated/α-hetero) is 1. The zero-order valence-corrected chi connectivity index (χ0v) is 8.78. The number of nitrogens with zero attached hydrogens (tertiary/aromatic N) is 1. The quantitative estimate of drug-likeness (QED) is 0.747. The van der Waals surface area contributed by atoms with Gasteiger partial charge in [-0.1, -0.05) is 12.8 Å². The Balaban J connectivity index is 2.06. The molecule has 0 amide bonds. The lowest BCUT2D eigenvalue weighted by molar-refractivity contribution is 0.0940. The number of nitrogens with one attached hydrogen (secondary N) is 1. The van der Waals surface area contributed by atoms with E-state index in [1.165, 1.54) is 12.8 Å². The number of pyridine rings is 1. The molecule has 1 saturated heterocycles. The molecule has 0 aromatic carbocycles. The lowest BCUT2D eigenvalue weighted by Gasteiger charge is -2.13. The van der Waals surface area contributed by atoms with Crippen molar-refractivity contribution < 1.29 is 4.79 Å². The van der Waals surface area contributed by atoms with E-state index in [1.54, 1.807) is 12.4 Å². The van der Waals surface area contributed by atoms with E-state index in [2.05, 4.69) is 10.3 Å². The normalized spacial score (nSPS) is 22.0. The molecule has 0 saturated carbocycles. The van der Waals surface area contributed by atoms with Gasteiger partial charge < -0.3 is 5.32 Å². The molecule has 1 aromatic heterocycles. The van der Waals surface area contributed by atoms with Gasteiger partial charge in [0.15, 0.2) is 5.78 Å². The maximum atomic E-state index is 12.0. The minimum atomic E-state index is -0.00306. The maximum absolute atomic E-state index is 12.0. The van der Waals surface area contributed by atoms with Gasteiger partial charge in [-0.25, -0.2) is 0 Å². The highest BCUT2D eigenvalue weighted by Gasteiger charge is 2.20. The molecule has 80 valence electrons. The largest absolute Gasteiger partial charge is 0.307 e. The molecule has 0 radical (unpaired) electrons. The van der Waals surface area contributed by atoms with E-state index in [0.717, 1.165) is 24.9 Å². The summed E-state index contributed by atoms with van der Waals surface area (Å²) in [6, 6.07) is 3.64. The predicted molar refractivity (Wildman–Crippen MR) is 58.8 cm³/mol. The summed E-state index contributed by atoms with van der Waals surface area (Å²) in [4.78, 5) is 16.0. The first-order chi connectivity index (χ1) is 7.38. The van der Waals surface area contributed by atoms with Crippen LogP contribution in [-0.2, 0) is 0 Å². The minimum Gasteiger partial charge on any atom is -0.307 e. The topological polar surface area (TPSA) is 42.0 Å². The molecule has 15 heavy (non-hydrogen) atoms. The number of ketones is 1. The van der Waals surface area contributed by atoms with Crippen molar-refractivity contribution in [3.8, 4) is 0 Å². The monoisotopic (exact) mass is 204 g/mol. The first-order valence-electron chi connectivity index (χ1n) is 5.55. The molecule has 1 aliphatic heterocycles. The highest BCUT2D eigenvalue weighted by atomic mass is 16.1. The third-order valence-electron chi connectivity index (χ3n) is 2.82. The van der Waals surface area contributed by atoms with Gasteiger partial charge in [-0.15, -0.1) is 0 Å². The van der Waals surface area contributed by atoms with Crippen molar-refractivity contribution in [3.05, 3.63) is 30.1 Å². The van der Waals surface area contributed by atoms with Crippen molar-refractivity contribution in [2.45, 2.75) is 31.7 Å². The Hall–Kier alpha value is -1.22. The van der Waals surface area contributed by atoms with Crippen molar-refractivity contribution in [1.82, 2.24) is 10.3 Å². The molecule has 1 fully saturated rings. The van der Waals surface area contributed by atoms with Gasteiger partial charge in [0.1, 0.15) is 0 Å². The van der Waals surface area contributed by atoms with Crippen LogP contribution in [0.1, 0.15) is 36.0 Å². The van der Waals surface area contributed by atoms with E-state index in [-0.39, 0.29) is 11.8 Å². The van der Waals surface area contributed by atoms with E-state index < -0.39 is 0 Å². The van der Waals surface area contributed by atoms with E-state index in [0.29, 0.717) is 0 Å². The number of hydrogen-bond donors (Lipinski definition) is 1. The Bertz CT molecular complexity index is 316. The summed E-state index contributed by atoms with van der Waals surface area (Å²) in [6.07, 6.45) is 7.84. The maximum Gasteiger partial charge on any atom is 0.181 e. The van der Waals surface area contributed by atoms with Crippen molar-refractivity contribution in [2.24, 2.45) is 0 Å². The van der Waals surface area contributed by atoms with Crippen LogP contribution in [-0.4, -0.2) is 23.4 Å². The Morgan fingerprint density at radius 3 is 3.13 bits per heavy atom. The summed E-state index contributed by atoms with van der Waals surface area (Å²) < 4.78 is 0. The van der Waals surface area contributed by atoms with Gasteiger partial charge in [0.25, 0.3) is 0 Å². The summed E-state index contributed by atoms with van der Waals surface area (Å²) >= 11 is 0. The molecule has 1 aromatic rings. The molecule has 0 spiro atoms. The van der Waals surface area contributed by atoms with E-state index in [4.69, 9.17) is 0 Å². The minimum absolute atomic E-state index is 0.00306. The number of hydrogen-bond acceptors (Lipinski definition) is 3. The lowest BCUT2D eigenvalue weighted by atomic mass is 10.0. The average Bonchev–Trinajstić information content (AvgIpc) is 2.58. The van der Waals surface area contributed by atoms with Crippen molar-refractivity contribution in [2.75, 3.05) is 6.54 Å². The van der Waals surface area contributed by atoms with Gasteiger partial charge in [-0.2, -0.15) is 0 Å². The summed E-state index contributed by atoms with van der Waals surface area (Å²) in [5, 5.41) is 3.30. The van der Waals surface area contributed by atoms with Crippen LogP contribution in [0.3, 0.4) is 0 Å². The molecule has 2 heterocycles. The highest BCUT2D eigenvalue weighted by molar-refractivity contribution is 5.99. The molecular formula is C12H16N2O. The molecule has 1 unspecified atom stereocenters. The van der Waals surface area contributed by atoms with Gasteiger partial charge in [-0.05, 0) is 31.5 Å². The second-order valence-electron chi connectivity index (χ2n) is 3.96. The number of carbonyl (C=O) groups excluding carboxylic acids is 1. The molecule has 1 atom stereocenters. The second-order valence-corrected chi connectivity index (χ2v) is 3.96. The molecule has 3 heteroatoms. The first kappa shape index (κ1) is 10.3. The van der Waals surface area contributed by atoms with Crippen LogP contribution in [0.5, 0.6) is 0 Å². The van der Waals surface area contributed by atoms with Gasteiger partial charge in [0.2, 0.25) is 0 Å². The summed E-state index contributed by atoms with van der Waals surface area (Å²) in [5.74, 6) is 0.185. The average molecular weight is 204 g/mol. The standard InChI is InChI=1S/C12H16N2O/c15-12(10-5-4-7-13-9-10)11-6-2-1-3-8-14-11/h4-5,7,9,11,14H,1-3,6,8H2. The molecule has 0 aliphatic carbocycles. The van der Waals surface area contributed by atoms with Crippen LogP contribution in [0.2, 0.25) is 0 Å². The Kier molecular flexibility index (Phi) is 3.45. The van der Waals surface area contributed by atoms with Crippen LogP contribution < -0.4 is 5.32 Å². The fraction of sp³-hybridized carbons (Fsp3) is 0.500. The van der Waals surface area contributed by atoms with Gasteiger partial charge in [-0.3, -0.25) is 9.78 Å². The highest BCUT2D eigenvalue weighted by Crippen LogP contribution is 2.12. The van der Waals surface area contributed by atoms with Gasteiger partial charge in [0, 0.05) is 18.0 Å². The van der Waals surface area contributed by atoms with E-state index >= 15 is 0 Å². The molecule has 3 nitrogen and oxygen atoms in total. The smallest absolute Gasteiger partial charge is 0.181 e. The third kappa shape index (κ3) is 2.63. The fourth-order valence-electron chi connectivity index (χ4n) is 1.96. The van der Waals surface area contributed by atoms with Crippen molar-refractivity contribution >= 4 is 5.78 Å². The van der Waals surface area contributed by atoms with E-state index in [9.17, 15) is 4.79 Å². The Morgan fingerprint density at radius 1 is 1.40 bits per heavy atom. The molecule has 2 rings (SSSR count). The zero-order valence-electron chi connectivity index (χ0n) is 8.78. The summed E-state index contributed by atoms with van der Waals surface area (Å²) in [5.41, 5.74) is 0.719. The van der Waals surface area contributed by atoms with Crippen LogP contribution in [0, 0.1) is 0 Å². The van der Waals surface area contributed by atoms with Crippen LogP contribution in [0.25, 0.3) is 0 Å². The summed E-state index contributed by atoms with van der Waals surface area (Å²) in [6.45, 7) is 0.955. The fourth-order valence-corrected chi connectivity index (χ4v) is 1.96. The van der Waals surface area contributed by atoms with Crippen LogP contribution in [0.15, 0.2) is 24.5 Å². The number of aromatic nitrogens is 1. The van der Waals surface area contributed by atoms with Crippen molar-refractivity contribution in [1.29, 1.82) is 0 Å². The third-order valence-corrected chi connectivity index (χ3v) is 2.82. The van der Waals surface area contributed by atoms with Gasteiger partial charge >= 0.3 is 0 Å². The summed E-state index contributed by atoms with van der Waals surface area (Å²) in [7, 11) is 0. The van der Waals surface area contributed by atoms with Gasteiger partial charge in [0.05, 0.1) is 6.04 Å². The lowest BCUT2D eigenvalue weighted by Crippen LogP contribution is -2.36. The first-order valence-corrected chi connectivity index (χ1v) is 5.55. The van der Waals surface area contributed by atoms with Crippen molar-refractivity contribution in [3.63, 3.8) is 0 Å². The Labute approximate surface area is 89.9 Å². The molecular weight excluding hydrogens is 188 g/mol. The number of rotatable bonds is 2. The van der Waals surface area contributed by atoms with Crippen LogP contribution >= 0.6 is 0 Å². The number of carbonyl (C=O) groups is 1. The van der Waals surface area contributed by atoms with Crippen LogP contribution in [0.4, 0.5) is 0 Å². The predicted octanol–water partition coefficient (Wildman–Crippen LogP) is 1.80. The molecule has 1 aliphatic rings. The zero-order chi connectivity index (χ0) is 10.5. The molecule has 0 bridgehead atoms. The molecule has 1 N–H and O–H groups in total. The second kappa shape index (κ2) is 5.03. The Morgan fingerprint density at radius 2 is 2.33 bits per heavy atom.